The van der Waals surface area contributed by atoms with E-state index >= 15 is 0 Å². The van der Waals surface area contributed by atoms with E-state index in [1.165, 1.54) is 7.05 Å². The largest absolute Gasteiger partial charge is 0.461 e. The van der Waals surface area contributed by atoms with Crippen molar-refractivity contribution in [3.63, 3.8) is 0 Å². The minimum Gasteiger partial charge on any atom is -0.461 e. The maximum atomic E-state index is 13.0. The smallest absolute Gasteiger partial charge is 0.368 e. The van der Waals surface area contributed by atoms with Crippen molar-refractivity contribution in [2.75, 3.05) is 25.7 Å². The molecule has 2 aliphatic heterocycles. The molecule has 1 aromatic carbocycles. The third-order valence-electron chi connectivity index (χ3n) is 5.62. The van der Waals surface area contributed by atoms with Gasteiger partial charge in [-0.3, -0.25) is 14.5 Å². The van der Waals surface area contributed by atoms with Crippen molar-refractivity contribution < 1.29 is 24.4 Å². The molecular weight excluding hydrogens is 388 g/mol. The molecule has 8 heteroatoms. The average molecular weight is 412 g/mol. The Hall–Kier alpha value is -1.57. The van der Waals surface area contributed by atoms with Crippen LogP contribution in [0.1, 0.15) is 24.9 Å². The highest BCUT2D eigenvalue weighted by molar-refractivity contribution is 7.98. The summed E-state index contributed by atoms with van der Waals surface area (Å²) in [6, 6.07) is 6.90. The van der Waals surface area contributed by atoms with Crippen molar-refractivity contribution in [1.29, 1.82) is 0 Å². The van der Waals surface area contributed by atoms with Crippen LogP contribution >= 0.6 is 23.4 Å². The number of rotatable bonds is 6. The van der Waals surface area contributed by atoms with Crippen LogP contribution in [0.3, 0.4) is 0 Å². The molecule has 0 saturated carbocycles. The van der Waals surface area contributed by atoms with Crippen LogP contribution in [0, 0.1) is 11.8 Å². The average Bonchev–Trinajstić information content (AvgIpc) is 3.11. The summed E-state index contributed by atoms with van der Waals surface area (Å²) in [5, 5.41) is 2.49. The van der Waals surface area contributed by atoms with E-state index in [2.05, 4.69) is 0 Å². The number of imide groups is 1. The number of likely N-dealkylation sites (tertiary alicyclic amines) is 1. The summed E-state index contributed by atoms with van der Waals surface area (Å²) < 4.78 is 5.37. The van der Waals surface area contributed by atoms with Crippen molar-refractivity contribution in [3.8, 4) is 0 Å². The van der Waals surface area contributed by atoms with Crippen LogP contribution in [0.15, 0.2) is 24.3 Å². The molecule has 2 amide bonds. The number of nitrogens with zero attached hydrogens (tertiary/aromatic N) is 1. The van der Waals surface area contributed by atoms with Crippen LogP contribution in [-0.4, -0.2) is 53.9 Å². The Morgan fingerprint density at radius 2 is 1.96 bits per heavy atom. The quantitative estimate of drug-likeness (QED) is 0.562. The van der Waals surface area contributed by atoms with Crippen LogP contribution in [0.2, 0.25) is 5.02 Å². The maximum Gasteiger partial charge on any atom is 0.368 e. The van der Waals surface area contributed by atoms with Gasteiger partial charge in [-0.1, -0.05) is 23.7 Å². The van der Waals surface area contributed by atoms with Crippen LogP contribution in [0.25, 0.3) is 0 Å². The van der Waals surface area contributed by atoms with Crippen molar-refractivity contribution >= 4 is 41.1 Å². The fourth-order valence-corrected chi connectivity index (χ4v) is 5.00. The van der Waals surface area contributed by atoms with Crippen LogP contribution in [0.5, 0.6) is 0 Å². The summed E-state index contributed by atoms with van der Waals surface area (Å²) in [4.78, 5) is 40.1. The SMILES string of the molecule is CCOC(=O)[C@]1(CCSC)[NH2+][C@@H](c2ccc(Cl)cc2)[C@H]2C(=O)N(C)C(=O)[C@H]21. The Labute approximate surface area is 167 Å². The number of amides is 2. The van der Waals surface area contributed by atoms with Crippen LogP contribution in [0.4, 0.5) is 0 Å². The Kier molecular flexibility index (Phi) is 5.84. The van der Waals surface area contributed by atoms with E-state index < -0.39 is 23.3 Å². The molecule has 2 N–H and O–H groups in total. The van der Waals surface area contributed by atoms with E-state index in [0.717, 1.165) is 10.5 Å². The molecule has 2 saturated heterocycles. The first-order valence-electron chi connectivity index (χ1n) is 8.96. The van der Waals surface area contributed by atoms with Gasteiger partial charge in [-0.15, -0.1) is 0 Å². The second-order valence-electron chi connectivity index (χ2n) is 6.99. The molecule has 146 valence electrons. The third-order valence-corrected chi connectivity index (χ3v) is 6.48. The van der Waals surface area contributed by atoms with Crippen molar-refractivity contribution in [2.24, 2.45) is 11.8 Å². The lowest BCUT2D eigenvalue weighted by molar-refractivity contribution is -0.734. The molecule has 6 nitrogen and oxygen atoms in total. The Bertz CT molecular complexity index is 757. The highest BCUT2D eigenvalue weighted by Gasteiger charge is 2.71. The van der Waals surface area contributed by atoms with Gasteiger partial charge in [0, 0.05) is 24.1 Å². The monoisotopic (exact) mass is 411 g/mol. The molecule has 2 aliphatic rings. The van der Waals surface area contributed by atoms with Gasteiger partial charge in [-0.25, -0.2) is 4.79 Å². The second-order valence-corrected chi connectivity index (χ2v) is 8.41. The van der Waals surface area contributed by atoms with Gasteiger partial charge in [0.05, 0.1) is 6.61 Å². The molecule has 0 unspecified atom stereocenters. The predicted octanol–water partition coefficient (Wildman–Crippen LogP) is 1.24. The van der Waals surface area contributed by atoms with Gasteiger partial charge < -0.3 is 10.1 Å². The minimum absolute atomic E-state index is 0.231. The first kappa shape index (κ1) is 20.2. The van der Waals surface area contributed by atoms with E-state index in [-0.39, 0.29) is 24.5 Å². The number of esters is 1. The number of fused-ring (bicyclic) bond motifs is 1. The molecule has 1 aromatic rings. The number of hydrogen-bond acceptors (Lipinski definition) is 5. The lowest BCUT2D eigenvalue weighted by atomic mass is 9.78. The topological polar surface area (TPSA) is 80.3 Å². The van der Waals surface area contributed by atoms with Gasteiger partial charge in [0.25, 0.3) is 0 Å². The molecule has 3 rings (SSSR count). The molecule has 0 aliphatic carbocycles. The number of nitrogens with two attached hydrogens (primary N) is 1. The van der Waals surface area contributed by atoms with E-state index in [4.69, 9.17) is 16.3 Å². The van der Waals surface area contributed by atoms with Crippen molar-refractivity contribution in [3.05, 3.63) is 34.9 Å². The zero-order chi connectivity index (χ0) is 19.8. The molecule has 0 radical (unpaired) electrons. The Morgan fingerprint density at radius 3 is 2.56 bits per heavy atom. The van der Waals surface area contributed by atoms with E-state index in [1.54, 1.807) is 30.8 Å². The van der Waals surface area contributed by atoms with Crippen LogP contribution in [-0.2, 0) is 19.1 Å². The normalized spacial score (nSPS) is 29.9. The summed E-state index contributed by atoms with van der Waals surface area (Å²) in [5.74, 6) is -1.57. The molecule has 27 heavy (non-hydrogen) atoms. The van der Waals surface area contributed by atoms with Gasteiger partial charge in [0.15, 0.2) is 0 Å². The molecule has 0 bridgehead atoms. The van der Waals surface area contributed by atoms with Crippen molar-refractivity contribution in [2.45, 2.75) is 24.9 Å². The first-order valence-corrected chi connectivity index (χ1v) is 10.7. The molecule has 0 aromatic heterocycles. The molecule has 2 heterocycles. The van der Waals surface area contributed by atoms with Gasteiger partial charge in [0.2, 0.25) is 17.4 Å². The highest BCUT2D eigenvalue weighted by Crippen LogP contribution is 2.45. The summed E-state index contributed by atoms with van der Waals surface area (Å²) >= 11 is 7.61. The Morgan fingerprint density at radius 1 is 1.30 bits per heavy atom. The van der Waals surface area contributed by atoms with Crippen LogP contribution < -0.4 is 5.32 Å². The van der Waals surface area contributed by atoms with Gasteiger partial charge in [0.1, 0.15) is 17.9 Å². The molecule has 0 spiro atoms. The molecule has 2 fully saturated rings. The summed E-state index contributed by atoms with van der Waals surface area (Å²) in [5.41, 5.74) is -0.216. The maximum absolute atomic E-state index is 13.0. The zero-order valence-electron chi connectivity index (χ0n) is 15.6. The lowest BCUT2D eigenvalue weighted by Crippen LogP contribution is -2.98. The zero-order valence-corrected chi connectivity index (χ0v) is 17.2. The summed E-state index contributed by atoms with van der Waals surface area (Å²) in [7, 11) is 1.49. The van der Waals surface area contributed by atoms with Gasteiger partial charge in [-0.2, -0.15) is 11.8 Å². The number of hydrogen-bond donors (Lipinski definition) is 1. The number of quaternary nitrogens is 1. The Balaban J connectivity index is 2.10. The van der Waals surface area contributed by atoms with Gasteiger partial charge >= 0.3 is 5.97 Å². The summed E-state index contributed by atoms with van der Waals surface area (Å²) in [6.07, 6.45) is 2.42. The molecular formula is C19H24ClN2O4S+. The number of benzene rings is 1. The third kappa shape index (κ3) is 3.26. The molecule has 4 atom stereocenters. The number of ether oxygens (including phenoxy) is 1. The predicted molar refractivity (Wildman–Crippen MR) is 103 cm³/mol. The second kappa shape index (κ2) is 7.81. The summed E-state index contributed by atoms with van der Waals surface area (Å²) in [6.45, 7) is 1.98. The lowest BCUT2D eigenvalue weighted by Gasteiger charge is -2.29. The number of thioether (sulfide) groups is 1. The minimum atomic E-state index is -1.09. The number of carbonyl (C=O) groups is 3. The fourth-order valence-electron chi connectivity index (χ4n) is 4.33. The number of carbonyl (C=O) groups excluding carboxylic acids is 3. The first-order chi connectivity index (χ1) is 12.9. The standard InChI is InChI=1S/C19H23ClN2O4S/c1-4-26-18(25)19(9-10-27-3)14-13(16(23)22(2)17(14)24)15(21-19)11-5-7-12(20)8-6-11/h5-8,13-15,21H,4,9-10H2,1-3H3/p+1/t13-,14-,15-,19+/m0/s1. The fraction of sp³-hybridized carbons (Fsp3) is 0.526. The van der Waals surface area contributed by atoms with E-state index in [0.29, 0.717) is 17.2 Å². The number of halogens is 1. The van der Waals surface area contributed by atoms with E-state index in [9.17, 15) is 14.4 Å². The van der Waals surface area contributed by atoms with Gasteiger partial charge in [-0.05, 0) is 31.1 Å². The van der Waals surface area contributed by atoms with E-state index in [1.807, 2.05) is 23.7 Å². The van der Waals surface area contributed by atoms with Crippen molar-refractivity contribution in [1.82, 2.24) is 4.90 Å². The highest BCUT2D eigenvalue weighted by atomic mass is 35.5.